The van der Waals surface area contributed by atoms with E-state index in [0.29, 0.717) is 128 Å². The van der Waals surface area contributed by atoms with E-state index in [9.17, 15) is 9.59 Å². The Kier molecular flexibility index (Phi) is 39.1. The lowest BCUT2D eigenvalue weighted by molar-refractivity contribution is 0.0166. The van der Waals surface area contributed by atoms with E-state index in [1.807, 2.05) is 24.3 Å². The molecule has 0 radical (unpaired) electrons. The number of nitrogens with one attached hydrogen (secondary N) is 3. The molecule has 0 unspecified atom stereocenters. The molecule has 2 aliphatic heterocycles. The third-order valence-corrected chi connectivity index (χ3v) is 13.2. The molecule has 2 aliphatic rings. The lowest BCUT2D eigenvalue weighted by atomic mass is 10.1. The van der Waals surface area contributed by atoms with Crippen LogP contribution in [0.25, 0.3) is 20.9 Å². The maximum atomic E-state index is 12.4. The quantitative estimate of drug-likeness (QED) is 0.0163. The summed E-state index contributed by atoms with van der Waals surface area (Å²) in [7, 11) is 0. The molecule has 6 rings (SSSR count). The minimum atomic E-state index is -0.177. The van der Waals surface area contributed by atoms with Gasteiger partial charge >= 0.3 is 0 Å². The van der Waals surface area contributed by atoms with Gasteiger partial charge < -0.3 is 59.1 Å². The Hall–Kier alpha value is -7.08. The van der Waals surface area contributed by atoms with E-state index in [-0.39, 0.29) is 11.8 Å². The van der Waals surface area contributed by atoms with E-state index in [1.54, 1.807) is 48.5 Å². The third-order valence-electron chi connectivity index (χ3n) is 13.2. The van der Waals surface area contributed by atoms with Crippen LogP contribution in [0.1, 0.15) is 86.4 Å². The van der Waals surface area contributed by atoms with Gasteiger partial charge in [-0.2, -0.15) is 20.5 Å². The molecule has 4 aromatic carbocycles. The van der Waals surface area contributed by atoms with E-state index < -0.39 is 0 Å². The van der Waals surface area contributed by atoms with Gasteiger partial charge in [0.05, 0.1) is 102 Å². The highest BCUT2D eigenvalue weighted by Gasteiger charge is 2.13. The van der Waals surface area contributed by atoms with Crippen molar-refractivity contribution in [2.24, 2.45) is 30.7 Å². The van der Waals surface area contributed by atoms with Gasteiger partial charge in [0, 0.05) is 91.2 Å². The van der Waals surface area contributed by atoms with Crippen molar-refractivity contribution in [1.82, 2.24) is 20.9 Å². The lowest BCUT2D eigenvalue weighted by Crippen LogP contribution is -2.37. The average Bonchev–Trinajstić information content (AvgIpc) is 3.72. The summed E-state index contributed by atoms with van der Waals surface area (Å²) in [5, 5.41) is 32.9. The number of amides is 2. The van der Waals surface area contributed by atoms with Crippen LogP contribution in [-0.2, 0) is 28.4 Å². The molecule has 464 valence electrons. The Balaban J connectivity index is 0.000000333. The summed E-state index contributed by atoms with van der Waals surface area (Å²) in [5.74, 6) is -0.350. The molecule has 0 atom stereocenters. The molecule has 24 nitrogen and oxygen atoms in total. The number of hydrogen-bond acceptors (Lipinski definition) is 18. The maximum Gasteiger partial charge on any atom is 0.251 e. The van der Waals surface area contributed by atoms with Gasteiger partial charge in [0.2, 0.25) is 0 Å². The van der Waals surface area contributed by atoms with Crippen molar-refractivity contribution in [3.8, 4) is 0 Å². The van der Waals surface area contributed by atoms with Gasteiger partial charge in [-0.05, 0) is 180 Å². The molecule has 0 spiro atoms. The number of ether oxygens (including phenoxy) is 6. The summed E-state index contributed by atoms with van der Waals surface area (Å²) in [6, 6.07) is 30.2. The van der Waals surface area contributed by atoms with Crippen LogP contribution >= 0.6 is 0 Å². The van der Waals surface area contributed by atoms with Crippen LogP contribution in [0.15, 0.2) is 128 Å². The Morgan fingerprint density at radius 2 is 0.835 bits per heavy atom. The third kappa shape index (κ3) is 32.7. The highest BCUT2D eigenvalue weighted by molar-refractivity contribution is 5.95. The summed E-state index contributed by atoms with van der Waals surface area (Å²) in [6.45, 7) is 23.0. The number of likely N-dealkylation sites (N-methyl/N-ethyl adjacent to an activating group) is 1. The van der Waals surface area contributed by atoms with Gasteiger partial charge in [0.25, 0.3) is 11.8 Å². The molecular formula is C61H92N16O8. The van der Waals surface area contributed by atoms with Crippen LogP contribution in [0.3, 0.4) is 0 Å². The summed E-state index contributed by atoms with van der Waals surface area (Å²) in [4.78, 5) is 37.3. The van der Waals surface area contributed by atoms with Gasteiger partial charge in [-0.15, -0.1) is 0 Å². The number of rotatable bonds is 39. The number of benzene rings is 4. The fourth-order valence-corrected chi connectivity index (χ4v) is 8.57. The van der Waals surface area contributed by atoms with Crippen molar-refractivity contribution in [3.63, 3.8) is 0 Å². The maximum absolute atomic E-state index is 12.4. The van der Waals surface area contributed by atoms with Crippen LogP contribution in [0.4, 0.5) is 34.1 Å². The van der Waals surface area contributed by atoms with Crippen molar-refractivity contribution in [2.45, 2.75) is 65.7 Å². The fraction of sp³-hybridized carbons (Fsp3) is 0.574. The summed E-state index contributed by atoms with van der Waals surface area (Å²) in [5.41, 5.74) is 22.7. The normalized spacial score (nSPS) is 13.2. The molecule has 2 heterocycles. The lowest BCUT2D eigenvalue weighted by Gasteiger charge is -2.30. The first-order chi connectivity index (χ1) is 41.9. The SMILES string of the molecule is C1CCNCC1.CCCN(CC)c1ccc(N=Nc2ccc(C(=O)NCCOCCOCCOCCN=[N+]=[N-])cc2)cc1.CCN(CCN1CCCCC1)c1ccc(N=Nc2ccc(C(=O)NCCOCCOCCOCCN=[N+]=[N-])cc2)cc1. The molecule has 0 bridgehead atoms. The van der Waals surface area contributed by atoms with Gasteiger partial charge in [-0.3, -0.25) is 9.59 Å². The number of azide groups is 2. The van der Waals surface area contributed by atoms with Gasteiger partial charge in [-0.1, -0.05) is 30.0 Å². The first-order valence-electron chi connectivity index (χ1n) is 30.1. The van der Waals surface area contributed by atoms with Crippen molar-refractivity contribution >= 4 is 45.9 Å². The summed E-state index contributed by atoms with van der Waals surface area (Å²) in [6.07, 6.45) is 9.31. The van der Waals surface area contributed by atoms with Crippen LogP contribution in [-0.4, -0.2) is 181 Å². The Morgan fingerprint density at radius 3 is 1.18 bits per heavy atom. The second-order valence-electron chi connectivity index (χ2n) is 19.5. The van der Waals surface area contributed by atoms with Crippen molar-refractivity contribution in [3.05, 3.63) is 129 Å². The number of hydrogen-bond donors (Lipinski definition) is 3. The van der Waals surface area contributed by atoms with E-state index in [4.69, 9.17) is 39.5 Å². The molecule has 2 amide bonds. The van der Waals surface area contributed by atoms with E-state index in [0.717, 1.165) is 50.5 Å². The van der Waals surface area contributed by atoms with E-state index in [2.05, 4.69) is 116 Å². The first-order valence-corrected chi connectivity index (χ1v) is 30.1. The Morgan fingerprint density at radius 1 is 0.482 bits per heavy atom. The molecule has 3 N–H and O–H groups in total. The molecule has 24 heteroatoms. The van der Waals surface area contributed by atoms with Gasteiger partial charge in [0.1, 0.15) is 0 Å². The minimum Gasteiger partial charge on any atom is -0.379 e. The van der Waals surface area contributed by atoms with Crippen molar-refractivity contribution in [1.29, 1.82) is 0 Å². The molecule has 4 aromatic rings. The Bertz CT molecular complexity index is 2510. The van der Waals surface area contributed by atoms with Crippen LogP contribution in [0, 0.1) is 0 Å². The molecule has 0 aromatic heterocycles. The van der Waals surface area contributed by atoms with E-state index >= 15 is 0 Å². The first kappa shape index (κ1) is 70.4. The monoisotopic (exact) mass is 1180 g/mol. The zero-order valence-electron chi connectivity index (χ0n) is 50.4. The predicted molar refractivity (Wildman–Crippen MR) is 335 cm³/mol. The number of piperidine rings is 2. The molecular weight excluding hydrogens is 1080 g/mol. The zero-order chi connectivity index (χ0) is 60.5. The highest BCUT2D eigenvalue weighted by atomic mass is 16.5. The number of likely N-dealkylation sites (tertiary alicyclic amines) is 1. The average molecular weight is 1180 g/mol. The molecule has 2 fully saturated rings. The topological polar surface area (TPSA) is 282 Å². The largest absolute Gasteiger partial charge is 0.379 e. The highest BCUT2D eigenvalue weighted by Crippen LogP contribution is 2.25. The van der Waals surface area contributed by atoms with Crippen molar-refractivity contribution in [2.75, 3.05) is 174 Å². The standard InChI is InChI=1S/C30H44N8O4.C26H37N7O4.C5H11N/c1-2-38(19-18-37-16-4-3-5-17-37)29-12-10-28(11-13-29)35-34-27-8-6-26(7-9-27)30(39)32-14-20-40-22-24-42-25-23-41-21-15-33-36-31;1-3-15-33(4-2)25-11-9-24(10-12-25)31-30-23-7-5-22(6-8-23)26(34)28-13-16-35-18-20-37-21-19-36-17-14-29-32-27;1-2-4-6-5-3-1/h6-13H,2-5,14-25H2,1H3,(H,32,39);5-12H,3-4,13-21H2,1-2H3,(H,28,34);6H,1-5H2. The number of carbonyl (C=O) groups is 2. The summed E-state index contributed by atoms with van der Waals surface area (Å²) >= 11 is 0. The second-order valence-corrected chi connectivity index (χ2v) is 19.5. The minimum absolute atomic E-state index is 0.174. The van der Waals surface area contributed by atoms with E-state index in [1.165, 1.54) is 76.1 Å². The number of nitrogens with zero attached hydrogens (tertiary/aromatic N) is 13. The molecule has 2 saturated heterocycles. The number of anilines is 2. The van der Waals surface area contributed by atoms with Crippen LogP contribution in [0.2, 0.25) is 0 Å². The molecule has 85 heavy (non-hydrogen) atoms. The molecule has 0 saturated carbocycles. The number of azo groups is 2. The zero-order valence-corrected chi connectivity index (χ0v) is 50.4. The van der Waals surface area contributed by atoms with Gasteiger partial charge in [0.15, 0.2) is 0 Å². The second kappa shape index (κ2) is 47.2. The van der Waals surface area contributed by atoms with Gasteiger partial charge in [-0.25, -0.2) is 0 Å². The van der Waals surface area contributed by atoms with Crippen molar-refractivity contribution < 1.29 is 38.0 Å². The smallest absolute Gasteiger partial charge is 0.251 e. The van der Waals surface area contributed by atoms with Crippen LogP contribution in [0.5, 0.6) is 0 Å². The Labute approximate surface area is 502 Å². The summed E-state index contributed by atoms with van der Waals surface area (Å²) < 4.78 is 32.1. The fourth-order valence-electron chi connectivity index (χ4n) is 8.57. The number of carbonyl (C=O) groups excluding carboxylic acids is 2. The molecule has 0 aliphatic carbocycles. The predicted octanol–water partition coefficient (Wildman–Crippen LogP) is 11.7. The van der Waals surface area contributed by atoms with Crippen LogP contribution < -0.4 is 25.8 Å².